The van der Waals surface area contributed by atoms with Crippen molar-refractivity contribution in [2.75, 3.05) is 6.26 Å². The van der Waals surface area contributed by atoms with Gasteiger partial charge in [0, 0.05) is 17.5 Å². The second kappa shape index (κ2) is 6.73. The van der Waals surface area contributed by atoms with Gasteiger partial charge in [-0.2, -0.15) is 0 Å². The van der Waals surface area contributed by atoms with Gasteiger partial charge < -0.3 is 10.1 Å². The van der Waals surface area contributed by atoms with E-state index >= 15 is 0 Å². The lowest BCUT2D eigenvalue weighted by Gasteiger charge is -2.10. The Morgan fingerprint density at radius 2 is 1.95 bits per heavy atom. The van der Waals surface area contributed by atoms with Crippen LogP contribution in [0.5, 0.6) is 11.5 Å². The van der Waals surface area contributed by atoms with E-state index in [1.807, 2.05) is 36.4 Å². The topological polar surface area (TPSA) is 21.3 Å². The maximum absolute atomic E-state index is 6.31. The highest BCUT2D eigenvalue weighted by molar-refractivity contribution is 7.98. The highest BCUT2D eigenvalue weighted by Crippen LogP contribution is 2.31. The molecule has 4 heteroatoms. The summed E-state index contributed by atoms with van der Waals surface area (Å²) in [5.41, 5.74) is 1.19. The van der Waals surface area contributed by atoms with E-state index in [2.05, 4.69) is 17.6 Å². The minimum absolute atomic E-state index is 0.652. The maximum Gasteiger partial charge on any atom is 0.146 e. The van der Waals surface area contributed by atoms with Gasteiger partial charge in [0.2, 0.25) is 0 Å². The lowest BCUT2D eigenvalue weighted by Crippen LogP contribution is -2.15. The molecular formula is C17H18ClNOS. The Morgan fingerprint density at radius 3 is 2.57 bits per heavy atom. The van der Waals surface area contributed by atoms with Gasteiger partial charge >= 0.3 is 0 Å². The van der Waals surface area contributed by atoms with Crippen molar-refractivity contribution in [3.63, 3.8) is 0 Å². The van der Waals surface area contributed by atoms with Crippen LogP contribution < -0.4 is 10.1 Å². The third kappa shape index (κ3) is 4.16. The van der Waals surface area contributed by atoms with Crippen molar-refractivity contribution in [1.29, 1.82) is 0 Å². The standard InChI is InChI=1S/C17H18ClNOS/c1-21-15-7-5-14(6-8-15)20-17-9-2-12(10-16(17)18)11-19-13-3-4-13/h2,5-10,13,19H,3-4,11H2,1H3. The van der Waals surface area contributed by atoms with Crippen molar-refractivity contribution >= 4 is 23.4 Å². The number of nitrogens with one attached hydrogen (secondary N) is 1. The second-order valence-corrected chi connectivity index (χ2v) is 6.48. The van der Waals surface area contributed by atoms with Gasteiger partial charge in [-0.05, 0) is 61.1 Å². The lowest BCUT2D eigenvalue weighted by atomic mass is 10.2. The molecule has 0 amide bonds. The van der Waals surface area contributed by atoms with Gasteiger partial charge in [-0.3, -0.25) is 0 Å². The minimum atomic E-state index is 0.652. The number of ether oxygens (including phenoxy) is 1. The van der Waals surface area contributed by atoms with E-state index < -0.39 is 0 Å². The van der Waals surface area contributed by atoms with Crippen LogP contribution in [-0.2, 0) is 6.54 Å². The monoisotopic (exact) mass is 319 g/mol. The summed E-state index contributed by atoms with van der Waals surface area (Å²) in [7, 11) is 0. The Balaban J connectivity index is 1.66. The van der Waals surface area contributed by atoms with E-state index in [0.717, 1.165) is 12.3 Å². The predicted octanol–water partition coefficient (Wildman–Crippen LogP) is 5.11. The summed E-state index contributed by atoms with van der Waals surface area (Å²) in [5, 5.41) is 4.13. The molecule has 0 saturated heterocycles. The van der Waals surface area contributed by atoms with E-state index in [1.165, 1.54) is 23.3 Å². The van der Waals surface area contributed by atoms with Crippen molar-refractivity contribution in [1.82, 2.24) is 5.32 Å². The fourth-order valence-corrected chi connectivity index (χ4v) is 2.71. The molecule has 2 aromatic rings. The molecular weight excluding hydrogens is 302 g/mol. The zero-order chi connectivity index (χ0) is 14.7. The van der Waals surface area contributed by atoms with Crippen LogP contribution in [0.1, 0.15) is 18.4 Å². The van der Waals surface area contributed by atoms with Crippen molar-refractivity contribution in [2.45, 2.75) is 30.3 Å². The molecule has 0 heterocycles. The first-order chi connectivity index (χ1) is 10.2. The van der Waals surface area contributed by atoms with Gasteiger partial charge in [-0.15, -0.1) is 11.8 Å². The summed E-state index contributed by atoms with van der Waals surface area (Å²) in [5.74, 6) is 1.50. The summed E-state index contributed by atoms with van der Waals surface area (Å²) < 4.78 is 5.84. The van der Waals surface area contributed by atoms with E-state index in [4.69, 9.17) is 16.3 Å². The highest BCUT2D eigenvalue weighted by Gasteiger charge is 2.20. The first kappa shape index (κ1) is 14.8. The summed E-state index contributed by atoms with van der Waals surface area (Å²) in [6.07, 6.45) is 4.64. The molecule has 1 aliphatic carbocycles. The molecule has 2 nitrogen and oxygen atoms in total. The molecule has 1 N–H and O–H groups in total. The zero-order valence-electron chi connectivity index (χ0n) is 11.9. The van der Waals surface area contributed by atoms with E-state index in [0.29, 0.717) is 16.8 Å². The molecule has 0 atom stereocenters. The molecule has 0 aliphatic heterocycles. The Kier molecular flexibility index (Phi) is 4.73. The van der Waals surface area contributed by atoms with Crippen LogP contribution >= 0.6 is 23.4 Å². The van der Waals surface area contributed by atoms with Gasteiger partial charge in [0.05, 0.1) is 5.02 Å². The largest absolute Gasteiger partial charge is 0.456 e. The molecule has 0 spiro atoms. The first-order valence-corrected chi connectivity index (χ1v) is 8.68. The van der Waals surface area contributed by atoms with E-state index in [-0.39, 0.29) is 0 Å². The number of rotatable bonds is 6. The summed E-state index contributed by atoms with van der Waals surface area (Å²) in [4.78, 5) is 1.22. The van der Waals surface area contributed by atoms with Crippen LogP contribution in [0.3, 0.4) is 0 Å². The van der Waals surface area contributed by atoms with Crippen LogP contribution in [0.4, 0.5) is 0 Å². The molecule has 1 aliphatic rings. The Morgan fingerprint density at radius 1 is 1.19 bits per heavy atom. The van der Waals surface area contributed by atoms with Crippen LogP contribution in [0.25, 0.3) is 0 Å². The minimum Gasteiger partial charge on any atom is -0.456 e. The molecule has 0 bridgehead atoms. The van der Waals surface area contributed by atoms with Crippen LogP contribution in [-0.4, -0.2) is 12.3 Å². The van der Waals surface area contributed by atoms with Crippen molar-refractivity contribution in [3.8, 4) is 11.5 Å². The number of halogens is 1. The number of hydrogen-bond acceptors (Lipinski definition) is 3. The molecule has 0 radical (unpaired) electrons. The van der Waals surface area contributed by atoms with Crippen molar-refractivity contribution in [2.24, 2.45) is 0 Å². The molecule has 2 aromatic carbocycles. The van der Waals surface area contributed by atoms with Gasteiger partial charge in [-0.25, -0.2) is 0 Å². The zero-order valence-corrected chi connectivity index (χ0v) is 13.5. The maximum atomic E-state index is 6.31. The average Bonchev–Trinajstić information content (AvgIpc) is 3.33. The molecule has 21 heavy (non-hydrogen) atoms. The lowest BCUT2D eigenvalue weighted by molar-refractivity contribution is 0.482. The molecule has 3 rings (SSSR count). The van der Waals surface area contributed by atoms with Gasteiger partial charge in [0.1, 0.15) is 11.5 Å². The fourth-order valence-electron chi connectivity index (χ4n) is 2.06. The molecule has 0 unspecified atom stereocenters. The normalized spacial score (nSPS) is 14.2. The molecule has 110 valence electrons. The Bertz CT molecular complexity index is 611. The first-order valence-electron chi connectivity index (χ1n) is 7.08. The van der Waals surface area contributed by atoms with Crippen LogP contribution in [0, 0.1) is 0 Å². The third-order valence-corrected chi connectivity index (χ3v) is 4.49. The van der Waals surface area contributed by atoms with Crippen LogP contribution in [0.15, 0.2) is 47.4 Å². The summed E-state index contributed by atoms with van der Waals surface area (Å²) in [6.45, 7) is 0.868. The number of benzene rings is 2. The average molecular weight is 320 g/mol. The molecule has 1 fully saturated rings. The van der Waals surface area contributed by atoms with Crippen molar-refractivity contribution in [3.05, 3.63) is 53.1 Å². The smallest absolute Gasteiger partial charge is 0.146 e. The van der Waals surface area contributed by atoms with E-state index in [1.54, 1.807) is 11.8 Å². The van der Waals surface area contributed by atoms with Gasteiger partial charge in [-0.1, -0.05) is 17.7 Å². The van der Waals surface area contributed by atoms with Gasteiger partial charge in [0.25, 0.3) is 0 Å². The molecule has 0 aromatic heterocycles. The van der Waals surface area contributed by atoms with Crippen molar-refractivity contribution < 1.29 is 4.74 Å². The number of thioether (sulfide) groups is 1. The van der Waals surface area contributed by atoms with E-state index in [9.17, 15) is 0 Å². The Labute approximate surface area is 134 Å². The third-order valence-electron chi connectivity index (χ3n) is 3.46. The summed E-state index contributed by atoms with van der Waals surface area (Å²) in [6, 6.07) is 14.7. The summed E-state index contributed by atoms with van der Waals surface area (Å²) >= 11 is 8.03. The quantitative estimate of drug-likeness (QED) is 0.748. The van der Waals surface area contributed by atoms with Gasteiger partial charge in [0.15, 0.2) is 0 Å². The SMILES string of the molecule is CSc1ccc(Oc2ccc(CNC3CC3)cc2Cl)cc1. The van der Waals surface area contributed by atoms with Crippen LogP contribution in [0.2, 0.25) is 5.02 Å². The number of hydrogen-bond donors (Lipinski definition) is 1. The fraction of sp³-hybridized carbons (Fsp3) is 0.294. The Hall–Kier alpha value is -1.16. The predicted molar refractivity (Wildman–Crippen MR) is 89.6 cm³/mol. The second-order valence-electron chi connectivity index (χ2n) is 5.20. The highest BCUT2D eigenvalue weighted by atomic mass is 35.5. The molecule has 1 saturated carbocycles.